The minimum Gasteiger partial charge on any atom is -0.393 e. The van der Waals surface area contributed by atoms with Crippen molar-refractivity contribution in [2.24, 2.45) is 0 Å². The molecule has 0 bridgehead atoms. The van der Waals surface area contributed by atoms with Crippen LogP contribution < -0.4 is 0 Å². The van der Waals surface area contributed by atoms with Crippen molar-refractivity contribution < 1.29 is 5.11 Å². The number of hydrogen-bond acceptors (Lipinski definition) is 2. The van der Waals surface area contributed by atoms with Gasteiger partial charge < -0.3 is 10.0 Å². The highest BCUT2D eigenvalue weighted by atomic mass is 16.3. The first-order valence-corrected chi connectivity index (χ1v) is 6.19. The van der Waals surface area contributed by atoms with Gasteiger partial charge in [0.05, 0.1) is 6.10 Å². The summed E-state index contributed by atoms with van der Waals surface area (Å²) in [5, 5.41) is 9.09. The Morgan fingerprint density at radius 2 is 1.79 bits per heavy atom. The predicted molar refractivity (Wildman–Crippen MR) is 60.4 cm³/mol. The van der Waals surface area contributed by atoms with E-state index >= 15 is 0 Å². The molecule has 84 valence electrons. The van der Waals surface area contributed by atoms with E-state index in [-0.39, 0.29) is 6.10 Å². The van der Waals surface area contributed by atoms with Gasteiger partial charge in [0.2, 0.25) is 0 Å². The second kappa shape index (κ2) is 7.24. The predicted octanol–water partition coefficient (Wildman–Crippen LogP) is 2.41. The Balaban J connectivity index is 1.87. The van der Waals surface area contributed by atoms with Crippen LogP contribution in [0.5, 0.6) is 0 Å². The molecule has 14 heavy (non-hydrogen) atoms. The van der Waals surface area contributed by atoms with Crippen molar-refractivity contribution in [1.82, 2.24) is 4.90 Å². The number of hydrogen-bond donors (Lipinski definition) is 1. The number of nitrogens with zero attached hydrogens (tertiary/aromatic N) is 1. The summed E-state index contributed by atoms with van der Waals surface area (Å²) < 4.78 is 0. The van der Waals surface area contributed by atoms with E-state index in [4.69, 9.17) is 5.11 Å². The molecule has 0 aromatic carbocycles. The third-order valence-corrected chi connectivity index (χ3v) is 3.04. The molecule has 1 rings (SSSR count). The van der Waals surface area contributed by atoms with Crippen LogP contribution in [0.4, 0.5) is 0 Å². The van der Waals surface area contributed by atoms with Crippen LogP contribution in [-0.4, -0.2) is 35.7 Å². The first-order chi connectivity index (χ1) is 6.79. The van der Waals surface area contributed by atoms with E-state index in [1.54, 1.807) is 0 Å². The summed E-state index contributed by atoms with van der Waals surface area (Å²) in [6.45, 7) is 5.79. The van der Waals surface area contributed by atoms with Gasteiger partial charge >= 0.3 is 0 Å². The minimum absolute atomic E-state index is 0.106. The van der Waals surface area contributed by atoms with Crippen LogP contribution in [0.15, 0.2) is 0 Å². The lowest BCUT2D eigenvalue weighted by atomic mass is 10.1. The quantitative estimate of drug-likeness (QED) is 0.664. The van der Waals surface area contributed by atoms with Crippen molar-refractivity contribution >= 4 is 0 Å². The molecule has 1 saturated heterocycles. The molecular formula is C12H25NO. The lowest BCUT2D eigenvalue weighted by molar-refractivity contribution is 0.178. The average molecular weight is 199 g/mol. The molecule has 1 heterocycles. The van der Waals surface area contributed by atoms with Crippen LogP contribution in [0, 0.1) is 0 Å². The van der Waals surface area contributed by atoms with Gasteiger partial charge in [-0.2, -0.15) is 0 Å². The molecule has 0 aliphatic carbocycles. The lowest BCUT2D eigenvalue weighted by Crippen LogP contribution is -2.30. The summed E-state index contributed by atoms with van der Waals surface area (Å²) in [6, 6.07) is 0. The fourth-order valence-corrected chi connectivity index (χ4v) is 2.13. The van der Waals surface area contributed by atoms with E-state index in [0.29, 0.717) is 0 Å². The molecule has 1 fully saturated rings. The molecule has 1 atom stereocenters. The fraction of sp³-hybridized carbons (Fsp3) is 1.00. The van der Waals surface area contributed by atoms with Crippen LogP contribution in [0.25, 0.3) is 0 Å². The first kappa shape index (κ1) is 12.0. The maximum Gasteiger partial charge on any atom is 0.0512 e. The zero-order valence-electron chi connectivity index (χ0n) is 9.54. The van der Waals surface area contributed by atoms with E-state index in [9.17, 15) is 0 Å². The van der Waals surface area contributed by atoms with E-state index in [2.05, 4.69) is 4.90 Å². The summed E-state index contributed by atoms with van der Waals surface area (Å²) in [5.74, 6) is 0. The van der Waals surface area contributed by atoms with E-state index in [1.165, 1.54) is 58.2 Å². The lowest BCUT2D eigenvalue weighted by Gasteiger charge is -2.26. The van der Waals surface area contributed by atoms with E-state index in [0.717, 1.165) is 6.42 Å². The normalized spacial score (nSPS) is 21.0. The molecule has 1 N–H and O–H groups in total. The average Bonchev–Trinajstić information content (AvgIpc) is 2.18. The number of aliphatic hydroxyl groups is 1. The second-order valence-corrected chi connectivity index (χ2v) is 4.60. The molecule has 1 unspecified atom stereocenters. The van der Waals surface area contributed by atoms with Crippen molar-refractivity contribution in [3.8, 4) is 0 Å². The topological polar surface area (TPSA) is 23.5 Å². The number of unbranched alkanes of at least 4 members (excludes halogenated alkanes) is 2. The van der Waals surface area contributed by atoms with E-state index < -0.39 is 0 Å². The van der Waals surface area contributed by atoms with Crippen molar-refractivity contribution in [2.45, 2.75) is 58.0 Å². The molecule has 2 heteroatoms. The van der Waals surface area contributed by atoms with Gasteiger partial charge in [-0.05, 0) is 52.2 Å². The van der Waals surface area contributed by atoms with Crippen molar-refractivity contribution in [3.63, 3.8) is 0 Å². The van der Waals surface area contributed by atoms with Gasteiger partial charge in [0, 0.05) is 0 Å². The van der Waals surface area contributed by atoms with Gasteiger partial charge in [-0.3, -0.25) is 0 Å². The Morgan fingerprint density at radius 3 is 2.43 bits per heavy atom. The summed E-state index contributed by atoms with van der Waals surface area (Å²) in [6.07, 6.45) is 8.87. The van der Waals surface area contributed by atoms with Crippen LogP contribution in [0.2, 0.25) is 0 Å². The summed E-state index contributed by atoms with van der Waals surface area (Å²) >= 11 is 0. The van der Waals surface area contributed by atoms with Gasteiger partial charge in [-0.15, -0.1) is 0 Å². The second-order valence-electron chi connectivity index (χ2n) is 4.60. The molecule has 0 aromatic heterocycles. The number of aliphatic hydroxyl groups excluding tert-OH is 1. The highest BCUT2D eigenvalue weighted by molar-refractivity contribution is 4.64. The Bertz CT molecular complexity index is 130. The standard InChI is InChI=1S/C12H25NO/c1-12(14)8-4-2-5-9-13-10-6-3-7-11-13/h12,14H,2-11H2,1H3. The van der Waals surface area contributed by atoms with Crippen LogP contribution in [0.1, 0.15) is 51.9 Å². The fourth-order valence-electron chi connectivity index (χ4n) is 2.13. The summed E-state index contributed by atoms with van der Waals surface area (Å²) in [7, 11) is 0. The molecule has 0 aromatic rings. The number of rotatable bonds is 6. The SMILES string of the molecule is CC(O)CCCCCN1CCCCC1. The van der Waals surface area contributed by atoms with Gasteiger partial charge in [-0.1, -0.05) is 19.3 Å². The van der Waals surface area contributed by atoms with Gasteiger partial charge in [0.1, 0.15) is 0 Å². The first-order valence-electron chi connectivity index (χ1n) is 6.19. The zero-order chi connectivity index (χ0) is 10.2. The molecule has 0 radical (unpaired) electrons. The Morgan fingerprint density at radius 1 is 1.07 bits per heavy atom. The largest absolute Gasteiger partial charge is 0.393 e. The Hall–Kier alpha value is -0.0800. The maximum absolute atomic E-state index is 9.09. The molecule has 2 nitrogen and oxygen atoms in total. The van der Waals surface area contributed by atoms with E-state index in [1.807, 2.05) is 6.92 Å². The summed E-state index contributed by atoms with van der Waals surface area (Å²) in [5.41, 5.74) is 0. The minimum atomic E-state index is -0.106. The zero-order valence-corrected chi connectivity index (χ0v) is 9.54. The molecular weight excluding hydrogens is 174 g/mol. The Kier molecular flexibility index (Phi) is 6.20. The van der Waals surface area contributed by atoms with Crippen molar-refractivity contribution in [3.05, 3.63) is 0 Å². The maximum atomic E-state index is 9.09. The van der Waals surface area contributed by atoms with Gasteiger partial charge in [0.15, 0.2) is 0 Å². The number of piperidine rings is 1. The molecule has 0 saturated carbocycles. The van der Waals surface area contributed by atoms with Gasteiger partial charge in [-0.25, -0.2) is 0 Å². The third-order valence-electron chi connectivity index (χ3n) is 3.04. The van der Waals surface area contributed by atoms with Crippen LogP contribution >= 0.6 is 0 Å². The highest BCUT2D eigenvalue weighted by Gasteiger charge is 2.08. The van der Waals surface area contributed by atoms with Crippen LogP contribution in [-0.2, 0) is 0 Å². The molecule has 0 amide bonds. The van der Waals surface area contributed by atoms with Crippen LogP contribution in [0.3, 0.4) is 0 Å². The number of likely N-dealkylation sites (tertiary alicyclic amines) is 1. The molecule has 1 aliphatic heterocycles. The highest BCUT2D eigenvalue weighted by Crippen LogP contribution is 2.10. The smallest absolute Gasteiger partial charge is 0.0512 e. The van der Waals surface area contributed by atoms with Gasteiger partial charge in [0.25, 0.3) is 0 Å². The third kappa shape index (κ3) is 5.61. The summed E-state index contributed by atoms with van der Waals surface area (Å²) in [4.78, 5) is 2.59. The monoisotopic (exact) mass is 199 g/mol. The molecule has 0 spiro atoms. The van der Waals surface area contributed by atoms with Crippen molar-refractivity contribution in [1.29, 1.82) is 0 Å². The van der Waals surface area contributed by atoms with Crippen molar-refractivity contribution in [2.75, 3.05) is 19.6 Å². The molecule has 1 aliphatic rings. The Labute approximate surface area is 88.3 Å².